The predicted molar refractivity (Wildman–Crippen MR) is 59.4 cm³/mol. The number of aryl methyl sites for hydroxylation is 1. The van der Waals surface area contributed by atoms with Gasteiger partial charge in [-0.1, -0.05) is 6.07 Å². The molecule has 0 aliphatic carbocycles. The zero-order valence-electron chi connectivity index (χ0n) is 8.92. The van der Waals surface area contributed by atoms with E-state index in [9.17, 15) is 0 Å². The molecule has 2 rings (SSSR count). The normalized spacial score (nSPS) is 16.7. The minimum Gasteiger partial charge on any atom is -0.493 e. The number of nitrogens with one attached hydrogen (secondary N) is 2. The molecule has 0 amide bonds. The van der Waals surface area contributed by atoms with Gasteiger partial charge in [-0.25, -0.2) is 5.43 Å². The van der Waals surface area contributed by atoms with E-state index in [0.717, 1.165) is 30.8 Å². The summed E-state index contributed by atoms with van der Waals surface area (Å²) < 4.78 is 5.55. The van der Waals surface area contributed by atoms with Crippen molar-refractivity contribution in [3.8, 4) is 5.75 Å². The van der Waals surface area contributed by atoms with Crippen LogP contribution in [-0.4, -0.2) is 13.7 Å². The van der Waals surface area contributed by atoms with E-state index in [-0.39, 0.29) is 6.17 Å². The third-order valence-corrected chi connectivity index (χ3v) is 2.72. The second kappa shape index (κ2) is 4.61. The topological polar surface area (TPSA) is 59.3 Å². The van der Waals surface area contributed by atoms with E-state index in [2.05, 4.69) is 16.8 Å². The van der Waals surface area contributed by atoms with Crippen LogP contribution < -0.4 is 21.3 Å². The zero-order valence-corrected chi connectivity index (χ0v) is 8.92. The summed E-state index contributed by atoms with van der Waals surface area (Å²) in [6.07, 6.45) is 2.18. The highest BCUT2D eigenvalue weighted by molar-refractivity contribution is 5.39. The van der Waals surface area contributed by atoms with Crippen molar-refractivity contribution in [3.63, 3.8) is 0 Å². The molecule has 15 heavy (non-hydrogen) atoms. The highest BCUT2D eigenvalue weighted by atomic mass is 16.5. The third kappa shape index (κ3) is 2.12. The Bertz CT molecular complexity index is 337. The minimum atomic E-state index is -0.00257. The average Bonchev–Trinajstić information content (AvgIpc) is 2.30. The summed E-state index contributed by atoms with van der Waals surface area (Å²) in [7, 11) is 1.88. The molecule has 1 aromatic rings. The number of hydrazine groups is 1. The van der Waals surface area contributed by atoms with E-state index in [1.165, 1.54) is 5.56 Å². The van der Waals surface area contributed by atoms with Crippen LogP contribution in [0.2, 0.25) is 0 Å². The first-order valence-electron chi connectivity index (χ1n) is 5.24. The van der Waals surface area contributed by atoms with Gasteiger partial charge in [-0.15, -0.1) is 0 Å². The predicted octanol–water partition coefficient (Wildman–Crippen LogP) is 0.693. The highest BCUT2D eigenvalue weighted by Crippen LogP contribution is 2.26. The molecule has 0 fully saturated rings. The van der Waals surface area contributed by atoms with Crippen molar-refractivity contribution in [1.29, 1.82) is 0 Å². The van der Waals surface area contributed by atoms with Gasteiger partial charge < -0.3 is 10.1 Å². The molecule has 82 valence electrons. The van der Waals surface area contributed by atoms with Gasteiger partial charge in [-0.2, -0.15) is 0 Å². The van der Waals surface area contributed by atoms with Gasteiger partial charge in [0.2, 0.25) is 0 Å². The second-order valence-corrected chi connectivity index (χ2v) is 3.71. The van der Waals surface area contributed by atoms with Crippen LogP contribution in [-0.2, 0) is 6.42 Å². The Kier molecular flexibility index (Phi) is 3.20. The number of fused-ring (bicyclic) bond motifs is 1. The lowest BCUT2D eigenvalue weighted by Gasteiger charge is -2.21. The van der Waals surface area contributed by atoms with Crippen LogP contribution in [0.3, 0.4) is 0 Å². The molecule has 0 bridgehead atoms. The van der Waals surface area contributed by atoms with Crippen LogP contribution in [0.5, 0.6) is 5.75 Å². The van der Waals surface area contributed by atoms with Gasteiger partial charge in [0.1, 0.15) is 5.75 Å². The fourth-order valence-corrected chi connectivity index (χ4v) is 1.91. The number of ether oxygens (including phenoxy) is 1. The molecule has 0 saturated carbocycles. The Morgan fingerprint density at radius 2 is 2.33 bits per heavy atom. The first kappa shape index (κ1) is 10.4. The first-order valence-corrected chi connectivity index (χ1v) is 5.24. The summed E-state index contributed by atoms with van der Waals surface area (Å²) in [5.74, 6) is 6.46. The maximum atomic E-state index is 5.55. The first-order chi connectivity index (χ1) is 7.35. The molecule has 0 saturated heterocycles. The molecule has 1 aliphatic heterocycles. The smallest absolute Gasteiger partial charge is 0.122 e. The Hall–Kier alpha value is -1.10. The maximum absolute atomic E-state index is 5.55. The van der Waals surface area contributed by atoms with Gasteiger partial charge >= 0.3 is 0 Å². The van der Waals surface area contributed by atoms with Gasteiger partial charge in [-0.3, -0.25) is 5.84 Å². The van der Waals surface area contributed by atoms with E-state index in [1.54, 1.807) is 0 Å². The minimum absolute atomic E-state index is 0.00257. The van der Waals surface area contributed by atoms with E-state index < -0.39 is 0 Å². The molecular weight excluding hydrogens is 190 g/mol. The molecule has 1 unspecified atom stereocenters. The molecule has 0 spiro atoms. The molecule has 1 heterocycles. The maximum Gasteiger partial charge on any atom is 0.122 e. The van der Waals surface area contributed by atoms with E-state index in [1.807, 2.05) is 19.2 Å². The monoisotopic (exact) mass is 207 g/mol. The Morgan fingerprint density at radius 1 is 1.47 bits per heavy atom. The third-order valence-electron chi connectivity index (χ3n) is 2.72. The quantitative estimate of drug-likeness (QED) is 0.388. The van der Waals surface area contributed by atoms with Crippen LogP contribution in [0, 0.1) is 0 Å². The number of hydrogen-bond acceptors (Lipinski definition) is 4. The highest BCUT2D eigenvalue weighted by Gasteiger charge is 2.13. The zero-order chi connectivity index (χ0) is 10.7. The fourth-order valence-electron chi connectivity index (χ4n) is 1.91. The van der Waals surface area contributed by atoms with Gasteiger partial charge in [0.05, 0.1) is 12.8 Å². The number of nitrogens with two attached hydrogens (primary N) is 1. The molecule has 4 nitrogen and oxygen atoms in total. The van der Waals surface area contributed by atoms with Gasteiger partial charge in [0, 0.05) is 0 Å². The Morgan fingerprint density at radius 3 is 3.07 bits per heavy atom. The molecule has 1 aliphatic rings. The molecule has 1 atom stereocenters. The van der Waals surface area contributed by atoms with Gasteiger partial charge in [0.25, 0.3) is 0 Å². The van der Waals surface area contributed by atoms with Crippen LogP contribution in [0.25, 0.3) is 0 Å². The standard InChI is InChI=1S/C11H17N3O/c1-13-11(14-12)9-4-5-10-8(7-9)3-2-6-15-10/h4-5,7,11,13-14H,2-3,6,12H2,1H3. The summed E-state index contributed by atoms with van der Waals surface area (Å²) in [6, 6.07) is 6.20. The van der Waals surface area contributed by atoms with Crippen molar-refractivity contribution in [1.82, 2.24) is 10.7 Å². The summed E-state index contributed by atoms with van der Waals surface area (Å²) in [5.41, 5.74) is 5.14. The van der Waals surface area contributed by atoms with Crippen LogP contribution >= 0.6 is 0 Å². The van der Waals surface area contributed by atoms with E-state index in [4.69, 9.17) is 10.6 Å². The largest absolute Gasteiger partial charge is 0.493 e. The molecular formula is C11H17N3O. The van der Waals surface area contributed by atoms with Crippen molar-refractivity contribution in [2.75, 3.05) is 13.7 Å². The van der Waals surface area contributed by atoms with Gasteiger partial charge in [-0.05, 0) is 43.1 Å². The molecule has 0 aromatic heterocycles. The average molecular weight is 207 g/mol. The van der Waals surface area contributed by atoms with Crippen molar-refractivity contribution < 1.29 is 4.74 Å². The molecule has 0 radical (unpaired) electrons. The number of hydrogen-bond donors (Lipinski definition) is 3. The van der Waals surface area contributed by atoms with Crippen molar-refractivity contribution in [2.24, 2.45) is 5.84 Å². The molecule has 4 N–H and O–H groups in total. The summed E-state index contributed by atoms with van der Waals surface area (Å²) in [5, 5.41) is 3.10. The summed E-state index contributed by atoms with van der Waals surface area (Å²) in [4.78, 5) is 0. The van der Waals surface area contributed by atoms with Crippen LogP contribution in [0.15, 0.2) is 18.2 Å². The van der Waals surface area contributed by atoms with E-state index in [0.29, 0.717) is 0 Å². The van der Waals surface area contributed by atoms with Crippen LogP contribution in [0.4, 0.5) is 0 Å². The van der Waals surface area contributed by atoms with E-state index >= 15 is 0 Å². The second-order valence-electron chi connectivity index (χ2n) is 3.71. The molecule has 1 aromatic carbocycles. The lowest BCUT2D eigenvalue weighted by Crippen LogP contribution is -2.36. The SMILES string of the molecule is CNC(NN)c1ccc2c(c1)CCCO2. The van der Waals surface area contributed by atoms with Gasteiger partial charge in [0.15, 0.2) is 0 Å². The Balaban J connectivity index is 2.27. The van der Waals surface area contributed by atoms with Crippen LogP contribution in [0.1, 0.15) is 23.7 Å². The van der Waals surface area contributed by atoms with Crippen molar-refractivity contribution in [2.45, 2.75) is 19.0 Å². The summed E-state index contributed by atoms with van der Waals surface area (Å²) in [6.45, 7) is 0.830. The molecule has 4 heteroatoms. The number of benzene rings is 1. The Labute approximate surface area is 89.8 Å². The lowest BCUT2D eigenvalue weighted by atomic mass is 10.0. The van der Waals surface area contributed by atoms with Crippen molar-refractivity contribution >= 4 is 0 Å². The summed E-state index contributed by atoms with van der Waals surface area (Å²) >= 11 is 0. The van der Waals surface area contributed by atoms with Crippen molar-refractivity contribution in [3.05, 3.63) is 29.3 Å². The number of rotatable bonds is 3. The lowest BCUT2D eigenvalue weighted by molar-refractivity contribution is 0.288. The fraction of sp³-hybridized carbons (Fsp3) is 0.455.